The zero-order valence-corrected chi connectivity index (χ0v) is 14.9. The van der Waals surface area contributed by atoms with E-state index in [0.717, 1.165) is 25.9 Å². The van der Waals surface area contributed by atoms with Crippen molar-refractivity contribution in [1.82, 2.24) is 20.4 Å². The SMILES string of the molecule is CC(=O)N1CCC(NC(=O)NCC(c2ccsc2)N(C)C)CC1. The molecule has 1 unspecified atom stereocenters. The van der Waals surface area contributed by atoms with Gasteiger partial charge in [-0.25, -0.2) is 4.79 Å². The lowest BCUT2D eigenvalue weighted by Gasteiger charge is -2.32. The Bertz CT molecular complexity index is 510. The highest BCUT2D eigenvalue weighted by Gasteiger charge is 2.22. The molecule has 0 saturated carbocycles. The van der Waals surface area contributed by atoms with E-state index in [9.17, 15) is 9.59 Å². The Balaban J connectivity index is 1.75. The first-order chi connectivity index (χ1) is 11.0. The fourth-order valence-corrected chi connectivity index (χ4v) is 3.53. The molecule has 0 bridgehead atoms. The van der Waals surface area contributed by atoms with Gasteiger partial charge in [0.1, 0.15) is 0 Å². The van der Waals surface area contributed by atoms with Gasteiger partial charge in [0.25, 0.3) is 0 Å². The first-order valence-corrected chi connectivity index (χ1v) is 8.90. The molecule has 1 aliphatic heterocycles. The van der Waals surface area contributed by atoms with Crippen LogP contribution in [0.4, 0.5) is 4.79 Å². The number of thiophene rings is 1. The van der Waals surface area contributed by atoms with Gasteiger partial charge in [-0.2, -0.15) is 11.3 Å². The Labute approximate surface area is 141 Å². The van der Waals surface area contributed by atoms with Crippen LogP contribution in [0.15, 0.2) is 16.8 Å². The highest BCUT2D eigenvalue weighted by atomic mass is 32.1. The number of carbonyl (C=O) groups excluding carboxylic acids is 2. The van der Waals surface area contributed by atoms with Gasteiger partial charge in [-0.1, -0.05) is 0 Å². The minimum Gasteiger partial charge on any atom is -0.343 e. The molecule has 1 aliphatic rings. The molecular weight excluding hydrogens is 312 g/mol. The molecule has 0 aromatic carbocycles. The first-order valence-electron chi connectivity index (χ1n) is 7.95. The molecule has 23 heavy (non-hydrogen) atoms. The van der Waals surface area contributed by atoms with E-state index < -0.39 is 0 Å². The molecule has 1 aromatic heterocycles. The van der Waals surface area contributed by atoms with Gasteiger partial charge in [0.05, 0.1) is 6.04 Å². The third-order valence-electron chi connectivity index (χ3n) is 4.28. The van der Waals surface area contributed by atoms with Crippen LogP contribution in [0.3, 0.4) is 0 Å². The number of likely N-dealkylation sites (tertiary alicyclic amines) is 1. The van der Waals surface area contributed by atoms with Crippen LogP contribution in [0.25, 0.3) is 0 Å². The largest absolute Gasteiger partial charge is 0.343 e. The summed E-state index contributed by atoms with van der Waals surface area (Å²) < 4.78 is 0. The molecule has 2 N–H and O–H groups in total. The van der Waals surface area contributed by atoms with Crippen LogP contribution in [0, 0.1) is 0 Å². The van der Waals surface area contributed by atoms with Gasteiger partial charge in [-0.3, -0.25) is 4.79 Å². The minimum atomic E-state index is -0.131. The Kier molecular flexibility index (Phi) is 6.41. The van der Waals surface area contributed by atoms with E-state index in [-0.39, 0.29) is 24.0 Å². The number of piperidine rings is 1. The van der Waals surface area contributed by atoms with E-state index in [4.69, 9.17) is 0 Å². The fourth-order valence-electron chi connectivity index (χ4n) is 2.83. The van der Waals surface area contributed by atoms with Crippen LogP contribution in [0.2, 0.25) is 0 Å². The van der Waals surface area contributed by atoms with E-state index in [1.54, 1.807) is 18.3 Å². The van der Waals surface area contributed by atoms with Crippen molar-refractivity contribution >= 4 is 23.3 Å². The summed E-state index contributed by atoms with van der Waals surface area (Å²) in [4.78, 5) is 27.3. The molecule has 7 heteroatoms. The van der Waals surface area contributed by atoms with Gasteiger partial charge in [0.15, 0.2) is 0 Å². The van der Waals surface area contributed by atoms with Crippen LogP contribution in [0.5, 0.6) is 0 Å². The summed E-state index contributed by atoms with van der Waals surface area (Å²) in [6.45, 7) is 3.60. The van der Waals surface area contributed by atoms with Crippen molar-refractivity contribution < 1.29 is 9.59 Å². The summed E-state index contributed by atoms with van der Waals surface area (Å²) in [5.74, 6) is 0.109. The van der Waals surface area contributed by atoms with Gasteiger partial charge in [0, 0.05) is 32.6 Å². The van der Waals surface area contributed by atoms with E-state index >= 15 is 0 Å². The summed E-state index contributed by atoms with van der Waals surface area (Å²) in [6.07, 6.45) is 1.63. The van der Waals surface area contributed by atoms with Crippen molar-refractivity contribution in [2.24, 2.45) is 0 Å². The van der Waals surface area contributed by atoms with E-state index in [0.29, 0.717) is 6.54 Å². The number of nitrogens with one attached hydrogen (secondary N) is 2. The summed E-state index contributed by atoms with van der Waals surface area (Å²) in [6, 6.07) is 2.27. The number of likely N-dealkylation sites (N-methyl/N-ethyl adjacent to an activating group) is 1. The number of carbonyl (C=O) groups is 2. The second-order valence-electron chi connectivity index (χ2n) is 6.17. The van der Waals surface area contributed by atoms with Gasteiger partial charge >= 0.3 is 6.03 Å². The number of nitrogens with zero attached hydrogens (tertiary/aromatic N) is 2. The van der Waals surface area contributed by atoms with E-state index in [2.05, 4.69) is 32.4 Å². The van der Waals surface area contributed by atoms with Crippen molar-refractivity contribution in [2.45, 2.75) is 31.8 Å². The molecule has 0 radical (unpaired) electrons. The van der Waals surface area contributed by atoms with Crippen molar-refractivity contribution in [3.63, 3.8) is 0 Å². The Morgan fingerprint density at radius 1 is 1.39 bits per heavy atom. The number of rotatable bonds is 5. The molecule has 3 amide bonds. The number of urea groups is 1. The maximum absolute atomic E-state index is 12.1. The van der Waals surface area contributed by atoms with Gasteiger partial charge in [-0.15, -0.1) is 0 Å². The Hall–Kier alpha value is -1.60. The number of hydrogen-bond donors (Lipinski definition) is 2. The maximum atomic E-state index is 12.1. The third kappa shape index (κ3) is 5.21. The lowest BCUT2D eigenvalue weighted by Crippen LogP contribution is -2.49. The average molecular weight is 338 g/mol. The number of hydrogen-bond acceptors (Lipinski definition) is 4. The smallest absolute Gasteiger partial charge is 0.315 e. The van der Waals surface area contributed by atoms with E-state index in [1.165, 1.54) is 5.56 Å². The molecule has 2 heterocycles. The Morgan fingerprint density at radius 2 is 2.09 bits per heavy atom. The summed E-state index contributed by atoms with van der Waals surface area (Å²) in [5, 5.41) is 10.1. The third-order valence-corrected chi connectivity index (χ3v) is 4.98. The Morgan fingerprint density at radius 3 is 2.61 bits per heavy atom. The quantitative estimate of drug-likeness (QED) is 0.858. The molecule has 1 aromatic rings. The predicted molar refractivity (Wildman–Crippen MR) is 92.6 cm³/mol. The zero-order valence-electron chi connectivity index (χ0n) is 14.0. The molecule has 1 atom stereocenters. The summed E-state index contributed by atoms with van der Waals surface area (Å²) in [7, 11) is 4.03. The number of amides is 3. The summed E-state index contributed by atoms with van der Waals surface area (Å²) >= 11 is 1.66. The minimum absolute atomic E-state index is 0.109. The van der Waals surface area contributed by atoms with Crippen LogP contribution in [-0.2, 0) is 4.79 Å². The molecule has 0 spiro atoms. The summed E-state index contributed by atoms with van der Waals surface area (Å²) in [5.41, 5.74) is 1.22. The zero-order chi connectivity index (χ0) is 16.8. The normalized spacial score (nSPS) is 17.1. The fraction of sp³-hybridized carbons (Fsp3) is 0.625. The molecule has 6 nitrogen and oxygen atoms in total. The van der Waals surface area contributed by atoms with Gasteiger partial charge in [-0.05, 0) is 49.3 Å². The molecular formula is C16H26N4O2S. The van der Waals surface area contributed by atoms with Crippen LogP contribution < -0.4 is 10.6 Å². The second kappa shape index (κ2) is 8.31. The molecule has 1 saturated heterocycles. The lowest BCUT2D eigenvalue weighted by atomic mass is 10.1. The van der Waals surface area contributed by atoms with Crippen LogP contribution >= 0.6 is 11.3 Å². The maximum Gasteiger partial charge on any atom is 0.315 e. The highest BCUT2D eigenvalue weighted by Crippen LogP contribution is 2.20. The average Bonchev–Trinajstić information content (AvgIpc) is 3.01. The monoisotopic (exact) mass is 338 g/mol. The topological polar surface area (TPSA) is 64.7 Å². The van der Waals surface area contributed by atoms with E-state index in [1.807, 2.05) is 19.0 Å². The van der Waals surface area contributed by atoms with Crippen molar-refractivity contribution in [2.75, 3.05) is 33.7 Å². The van der Waals surface area contributed by atoms with Crippen molar-refractivity contribution in [3.8, 4) is 0 Å². The second-order valence-corrected chi connectivity index (χ2v) is 6.95. The van der Waals surface area contributed by atoms with Gasteiger partial charge < -0.3 is 20.4 Å². The lowest BCUT2D eigenvalue weighted by molar-refractivity contribution is -0.129. The predicted octanol–water partition coefficient (Wildman–Crippen LogP) is 1.66. The molecule has 128 valence electrons. The molecule has 1 fully saturated rings. The van der Waals surface area contributed by atoms with Crippen LogP contribution in [-0.4, -0.2) is 61.5 Å². The highest BCUT2D eigenvalue weighted by molar-refractivity contribution is 7.07. The molecule has 0 aliphatic carbocycles. The van der Waals surface area contributed by atoms with Crippen LogP contribution in [0.1, 0.15) is 31.4 Å². The molecule has 2 rings (SSSR count). The van der Waals surface area contributed by atoms with Gasteiger partial charge in [0.2, 0.25) is 5.91 Å². The standard InChI is InChI=1S/C16H26N4O2S/c1-12(21)20-7-4-14(5-8-20)18-16(22)17-10-15(19(2)3)13-6-9-23-11-13/h6,9,11,14-15H,4-5,7-8,10H2,1-3H3,(H2,17,18,22). The first kappa shape index (κ1) is 17.7. The van der Waals surface area contributed by atoms with Crippen molar-refractivity contribution in [1.29, 1.82) is 0 Å². The van der Waals surface area contributed by atoms with Crippen molar-refractivity contribution in [3.05, 3.63) is 22.4 Å².